The SMILES string of the molecule is O=C(CNC(=O)c1ccccc1F)NCCC(=O)N1CCCC1. The number of hydrogen-bond acceptors (Lipinski definition) is 3. The molecule has 1 aliphatic heterocycles. The maximum Gasteiger partial charge on any atom is 0.254 e. The number of nitrogens with zero attached hydrogens (tertiary/aromatic N) is 1. The third kappa shape index (κ3) is 5.05. The minimum atomic E-state index is -0.647. The van der Waals surface area contributed by atoms with E-state index in [0.717, 1.165) is 25.9 Å². The van der Waals surface area contributed by atoms with Crippen molar-refractivity contribution >= 4 is 17.7 Å². The van der Waals surface area contributed by atoms with Gasteiger partial charge in [-0.15, -0.1) is 0 Å². The maximum atomic E-state index is 13.4. The van der Waals surface area contributed by atoms with E-state index >= 15 is 0 Å². The largest absolute Gasteiger partial charge is 0.354 e. The van der Waals surface area contributed by atoms with E-state index in [1.807, 2.05) is 0 Å². The Bertz CT molecular complexity index is 586. The first-order valence-electron chi connectivity index (χ1n) is 7.65. The number of amides is 3. The number of hydrogen-bond donors (Lipinski definition) is 2. The second kappa shape index (κ2) is 8.26. The molecule has 0 saturated carbocycles. The first kappa shape index (κ1) is 16.9. The molecule has 124 valence electrons. The molecule has 7 heteroatoms. The molecule has 23 heavy (non-hydrogen) atoms. The van der Waals surface area contributed by atoms with Gasteiger partial charge in [0.25, 0.3) is 5.91 Å². The van der Waals surface area contributed by atoms with E-state index in [1.54, 1.807) is 11.0 Å². The van der Waals surface area contributed by atoms with Crippen molar-refractivity contribution in [1.82, 2.24) is 15.5 Å². The van der Waals surface area contributed by atoms with Crippen LogP contribution in [0.25, 0.3) is 0 Å². The third-order valence-electron chi connectivity index (χ3n) is 3.65. The summed E-state index contributed by atoms with van der Waals surface area (Å²) in [4.78, 5) is 36.9. The smallest absolute Gasteiger partial charge is 0.254 e. The topological polar surface area (TPSA) is 78.5 Å². The zero-order valence-corrected chi connectivity index (χ0v) is 12.8. The average Bonchev–Trinajstić information content (AvgIpc) is 3.07. The summed E-state index contributed by atoms with van der Waals surface area (Å²) in [5.74, 6) is -1.67. The summed E-state index contributed by atoms with van der Waals surface area (Å²) in [6.45, 7) is 1.53. The number of carbonyl (C=O) groups is 3. The fourth-order valence-electron chi connectivity index (χ4n) is 2.40. The van der Waals surface area contributed by atoms with Crippen LogP contribution in [0.2, 0.25) is 0 Å². The van der Waals surface area contributed by atoms with Crippen molar-refractivity contribution in [3.05, 3.63) is 35.6 Å². The lowest BCUT2D eigenvalue weighted by atomic mass is 10.2. The first-order valence-corrected chi connectivity index (χ1v) is 7.65. The maximum absolute atomic E-state index is 13.4. The summed E-state index contributed by atoms with van der Waals surface area (Å²) in [7, 11) is 0. The highest BCUT2D eigenvalue weighted by Gasteiger charge is 2.17. The molecule has 0 bridgehead atoms. The lowest BCUT2D eigenvalue weighted by molar-refractivity contribution is -0.130. The molecule has 0 spiro atoms. The van der Waals surface area contributed by atoms with Crippen LogP contribution < -0.4 is 10.6 Å². The van der Waals surface area contributed by atoms with Crippen LogP contribution in [0, 0.1) is 5.82 Å². The second-order valence-electron chi connectivity index (χ2n) is 5.35. The average molecular weight is 321 g/mol. The first-order chi connectivity index (χ1) is 11.1. The summed E-state index contributed by atoms with van der Waals surface area (Å²) in [6, 6.07) is 5.55. The van der Waals surface area contributed by atoms with Crippen LogP contribution in [-0.2, 0) is 9.59 Å². The second-order valence-corrected chi connectivity index (χ2v) is 5.35. The van der Waals surface area contributed by atoms with Gasteiger partial charge in [-0.25, -0.2) is 4.39 Å². The molecule has 2 rings (SSSR count). The third-order valence-corrected chi connectivity index (χ3v) is 3.65. The Labute approximate surface area is 134 Å². The molecule has 1 aromatic rings. The van der Waals surface area contributed by atoms with E-state index in [0.29, 0.717) is 0 Å². The van der Waals surface area contributed by atoms with E-state index in [9.17, 15) is 18.8 Å². The number of nitrogens with one attached hydrogen (secondary N) is 2. The van der Waals surface area contributed by atoms with Crippen molar-refractivity contribution < 1.29 is 18.8 Å². The van der Waals surface area contributed by atoms with Crippen LogP contribution in [0.4, 0.5) is 4.39 Å². The van der Waals surface area contributed by atoms with Gasteiger partial charge in [-0.3, -0.25) is 14.4 Å². The van der Waals surface area contributed by atoms with Crippen molar-refractivity contribution in [2.75, 3.05) is 26.2 Å². The Morgan fingerprint density at radius 2 is 1.78 bits per heavy atom. The van der Waals surface area contributed by atoms with Crippen LogP contribution in [0.1, 0.15) is 29.6 Å². The zero-order chi connectivity index (χ0) is 16.7. The monoisotopic (exact) mass is 321 g/mol. The Balaban J connectivity index is 1.66. The number of benzene rings is 1. The van der Waals surface area contributed by atoms with Gasteiger partial charge < -0.3 is 15.5 Å². The number of likely N-dealkylation sites (tertiary alicyclic amines) is 1. The summed E-state index contributed by atoms with van der Waals surface area (Å²) >= 11 is 0. The Kier molecular flexibility index (Phi) is 6.08. The highest BCUT2D eigenvalue weighted by atomic mass is 19.1. The number of carbonyl (C=O) groups excluding carboxylic acids is 3. The van der Waals surface area contributed by atoms with Gasteiger partial charge in [0, 0.05) is 26.1 Å². The normalized spacial score (nSPS) is 13.7. The van der Waals surface area contributed by atoms with Gasteiger partial charge in [0.05, 0.1) is 12.1 Å². The summed E-state index contributed by atoms with van der Waals surface area (Å²) in [6.07, 6.45) is 2.30. The van der Waals surface area contributed by atoms with Gasteiger partial charge in [-0.2, -0.15) is 0 Å². The van der Waals surface area contributed by atoms with E-state index in [-0.39, 0.29) is 31.0 Å². The summed E-state index contributed by atoms with van der Waals surface area (Å²) in [5, 5.41) is 4.91. The summed E-state index contributed by atoms with van der Waals surface area (Å²) in [5.41, 5.74) is -0.107. The molecule has 0 unspecified atom stereocenters. The van der Waals surface area contributed by atoms with Gasteiger partial charge in [-0.1, -0.05) is 12.1 Å². The highest BCUT2D eigenvalue weighted by molar-refractivity contribution is 5.96. The van der Waals surface area contributed by atoms with E-state index in [4.69, 9.17) is 0 Å². The molecule has 0 radical (unpaired) electrons. The predicted octanol–water partition coefficient (Wildman–Crippen LogP) is 0.684. The van der Waals surface area contributed by atoms with Crippen LogP contribution >= 0.6 is 0 Å². The fourth-order valence-corrected chi connectivity index (χ4v) is 2.40. The van der Waals surface area contributed by atoms with Crippen LogP contribution in [0.3, 0.4) is 0 Å². The van der Waals surface area contributed by atoms with Crippen LogP contribution in [0.15, 0.2) is 24.3 Å². The van der Waals surface area contributed by atoms with Crippen molar-refractivity contribution in [2.45, 2.75) is 19.3 Å². The molecule has 0 atom stereocenters. The quantitative estimate of drug-likeness (QED) is 0.809. The molecular weight excluding hydrogens is 301 g/mol. The number of rotatable bonds is 6. The van der Waals surface area contributed by atoms with E-state index in [2.05, 4.69) is 10.6 Å². The molecule has 1 fully saturated rings. The molecule has 0 aliphatic carbocycles. The molecule has 0 aromatic heterocycles. The molecule has 1 aliphatic rings. The van der Waals surface area contributed by atoms with E-state index < -0.39 is 17.6 Å². The number of halogens is 1. The molecule has 2 N–H and O–H groups in total. The van der Waals surface area contributed by atoms with Crippen molar-refractivity contribution in [3.63, 3.8) is 0 Å². The van der Waals surface area contributed by atoms with Gasteiger partial charge in [0.15, 0.2) is 0 Å². The van der Waals surface area contributed by atoms with Crippen LogP contribution in [0.5, 0.6) is 0 Å². The van der Waals surface area contributed by atoms with Gasteiger partial charge in [-0.05, 0) is 25.0 Å². The zero-order valence-electron chi connectivity index (χ0n) is 12.8. The molecule has 6 nitrogen and oxygen atoms in total. The van der Waals surface area contributed by atoms with Crippen molar-refractivity contribution in [1.29, 1.82) is 0 Å². The highest BCUT2D eigenvalue weighted by Crippen LogP contribution is 2.08. The minimum absolute atomic E-state index is 0.0261. The molecule has 1 heterocycles. The Morgan fingerprint density at radius 1 is 1.09 bits per heavy atom. The van der Waals surface area contributed by atoms with Crippen LogP contribution in [-0.4, -0.2) is 48.8 Å². The van der Waals surface area contributed by atoms with Gasteiger partial charge >= 0.3 is 0 Å². The Hall–Kier alpha value is -2.44. The van der Waals surface area contributed by atoms with Crippen molar-refractivity contribution in [2.24, 2.45) is 0 Å². The molecule has 3 amide bonds. The van der Waals surface area contributed by atoms with E-state index in [1.165, 1.54) is 18.2 Å². The fraction of sp³-hybridized carbons (Fsp3) is 0.438. The lowest BCUT2D eigenvalue weighted by Crippen LogP contribution is -2.39. The van der Waals surface area contributed by atoms with Crippen molar-refractivity contribution in [3.8, 4) is 0 Å². The predicted molar refractivity (Wildman–Crippen MR) is 82.2 cm³/mol. The molecule has 1 aromatic carbocycles. The molecule has 1 saturated heterocycles. The molecular formula is C16H20FN3O3. The minimum Gasteiger partial charge on any atom is -0.354 e. The lowest BCUT2D eigenvalue weighted by Gasteiger charge is -2.15. The Morgan fingerprint density at radius 3 is 2.48 bits per heavy atom. The standard InChI is InChI=1S/C16H20FN3O3/c17-13-6-2-1-5-12(13)16(23)19-11-14(21)18-8-7-15(22)20-9-3-4-10-20/h1-2,5-6H,3-4,7-11H2,(H,18,21)(H,19,23). The van der Waals surface area contributed by atoms with Gasteiger partial charge in [0.1, 0.15) is 5.82 Å². The van der Waals surface area contributed by atoms with Gasteiger partial charge in [0.2, 0.25) is 11.8 Å². The summed E-state index contributed by atoms with van der Waals surface area (Å²) < 4.78 is 13.4.